The van der Waals surface area contributed by atoms with Gasteiger partial charge in [-0.3, -0.25) is 14.9 Å². The molecule has 0 heterocycles. The van der Waals surface area contributed by atoms with Crippen molar-refractivity contribution in [3.63, 3.8) is 0 Å². The van der Waals surface area contributed by atoms with Gasteiger partial charge in [-0.05, 0) is 12.1 Å². The summed E-state index contributed by atoms with van der Waals surface area (Å²) < 4.78 is 9.98. The average Bonchev–Trinajstić information content (AvgIpc) is 2.28. The van der Waals surface area contributed by atoms with Crippen LogP contribution in [0.3, 0.4) is 0 Å². The lowest BCUT2D eigenvalue weighted by Gasteiger charge is -2.06. The van der Waals surface area contributed by atoms with E-state index in [1.807, 2.05) is 0 Å². The first kappa shape index (κ1) is 12.8. The maximum atomic E-state index is 10.8. The molecular formula is C10H12N2O5. The quantitative estimate of drug-likeness (QED) is 0.586. The molecule has 92 valence electrons. The van der Waals surface area contributed by atoms with Gasteiger partial charge in [-0.15, -0.1) is 0 Å². The summed E-state index contributed by atoms with van der Waals surface area (Å²) >= 11 is 0. The fourth-order valence-electron chi connectivity index (χ4n) is 1.15. The Morgan fingerprint density at radius 3 is 2.76 bits per heavy atom. The minimum atomic E-state index is -0.581. The van der Waals surface area contributed by atoms with Crippen LogP contribution in [0.4, 0.5) is 5.69 Å². The first-order chi connectivity index (χ1) is 8.04. The van der Waals surface area contributed by atoms with Crippen LogP contribution in [0.25, 0.3) is 0 Å². The standard InChI is InChI=1S/C10H12N2O5/c1-16-7-2-3-9(8(6-7)12(14)15)17-5-4-10(11)13/h2-3,6H,4-5H2,1H3,(H2,11,13). The Hall–Kier alpha value is -2.31. The van der Waals surface area contributed by atoms with Gasteiger partial charge in [-0.2, -0.15) is 0 Å². The molecule has 2 N–H and O–H groups in total. The van der Waals surface area contributed by atoms with Crippen molar-refractivity contribution in [2.45, 2.75) is 6.42 Å². The van der Waals surface area contributed by atoms with Gasteiger partial charge in [0, 0.05) is 0 Å². The number of nitrogens with two attached hydrogens (primary N) is 1. The first-order valence-electron chi connectivity index (χ1n) is 4.78. The molecule has 0 unspecified atom stereocenters. The van der Waals surface area contributed by atoms with E-state index >= 15 is 0 Å². The molecule has 0 bridgehead atoms. The smallest absolute Gasteiger partial charge is 0.314 e. The highest BCUT2D eigenvalue weighted by Crippen LogP contribution is 2.30. The van der Waals surface area contributed by atoms with Crippen molar-refractivity contribution in [3.8, 4) is 11.5 Å². The molecular weight excluding hydrogens is 228 g/mol. The molecule has 0 fully saturated rings. The highest BCUT2D eigenvalue weighted by atomic mass is 16.6. The van der Waals surface area contributed by atoms with E-state index in [0.717, 1.165) is 0 Å². The predicted molar refractivity (Wildman–Crippen MR) is 59.0 cm³/mol. The molecule has 0 saturated carbocycles. The molecule has 0 spiro atoms. The van der Waals surface area contributed by atoms with Crippen molar-refractivity contribution in [3.05, 3.63) is 28.3 Å². The fourth-order valence-corrected chi connectivity index (χ4v) is 1.15. The summed E-state index contributed by atoms with van der Waals surface area (Å²) in [6.45, 7) is 0.00248. The Morgan fingerprint density at radius 2 is 2.24 bits per heavy atom. The van der Waals surface area contributed by atoms with Crippen molar-refractivity contribution in [2.24, 2.45) is 5.73 Å². The van der Waals surface area contributed by atoms with Crippen LogP contribution < -0.4 is 15.2 Å². The lowest BCUT2D eigenvalue weighted by atomic mass is 10.3. The first-order valence-corrected chi connectivity index (χ1v) is 4.78. The molecule has 0 atom stereocenters. The van der Waals surface area contributed by atoms with Gasteiger partial charge in [0.1, 0.15) is 5.75 Å². The number of nitrogens with zero attached hydrogens (tertiary/aromatic N) is 1. The normalized spacial score (nSPS) is 9.71. The van der Waals surface area contributed by atoms with Gasteiger partial charge >= 0.3 is 5.69 Å². The van der Waals surface area contributed by atoms with Gasteiger partial charge in [0.25, 0.3) is 0 Å². The maximum absolute atomic E-state index is 10.8. The number of amides is 1. The van der Waals surface area contributed by atoms with Crippen molar-refractivity contribution < 1.29 is 19.2 Å². The Balaban J connectivity index is 2.83. The Bertz CT molecular complexity index is 433. The molecule has 0 radical (unpaired) electrons. The van der Waals surface area contributed by atoms with Gasteiger partial charge in [0.15, 0.2) is 5.75 Å². The third-order valence-corrected chi connectivity index (χ3v) is 1.97. The van der Waals surface area contributed by atoms with Gasteiger partial charge in [0.05, 0.1) is 31.1 Å². The number of hydrogen-bond acceptors (Lipinski definition) is 5. The number of methoxy groups -OCH3 is 1. The summed E-state index contributed by atoms with van der Waals surface area (Å²) in [6.07, 6.45) is 0.00316. The number of primary amides is 1. The van der Waals surface area contributed by atoms with E-state index < -0.39 is 10.8 Å². The largest absolute Gasteiger partial charge is 0.496 e. The van der Waals surface area contributed by atoms with Crippen molar-refractivity contribution in [2.75, 3.05) is 13.7 Å². The lowest BCUT2D eigenvalue weighted by molar-refractivity contribution is -0.385. The Morgan fingerprint density at radius 1 is 1.53 bits per heavy atom. The zero-order valence-corrected chi connectivity index (χ0v) is 9.21. The molecule has 0 aliphatic heterocycles. The summed E-state index contributed by atoms with van der Waals surface area (Å²) in [5, 5.41) is 10.8. The van der Waals surface area contributed by atoms with Gasteiger partial charge < -0.3 is 15.2 Å². The monoisotopic (exact) mass is 240 g/mol. The number of carbonyl (C=O) groups is 1. The summed E-state index contributed by atoms with van der Waals surface area (Å²) in [7, 11) is 1.41. The van der Waals surface area contributed by atoms with E-state index in [9.17, 15) is 14.9 Å². The average molecular weight is 240 g/mol. The summed E-state index contributed by atoms with van der Waals surface area (Å²) in [4.78, 5) is 20.7. The zero-order chi connectivity index (χ0) is 12.8. The van der Waals surface area contributed by atoms with Crippen LogP contribution in [0.15, 0.2) is 18.2 Å². The number of nitro benzene ring substituents is 1. The van der Waals surface area contributed by atoms with E-state index in [-0.39, 0.29) is 24.5 Å². The molecule has 0 saturated heterocycles. The van der Waals surface area contributed by atoms with Crippen LogP contribution in [0.2, 0.25) is 0 Å². The van der Waals surface area contributed by atoms with E-state index in [0.29, 0.717) is 5.75 Å². The Labute approximate surface area is 97.3 Å². The maximum Gasteiger partial charge on any atom is 0.314 e. The fraction of sp³-hybridized carbons (Fsp3) is 0.300. The van der Waals surface area contributed by atoms with Crippen LogP contribution in [0.1, 0.15) is 6.42 Å². The highest BCUT2D eigenvalue weighted by Gasteiger charge is 2.16. The number of nitro groups is 1. The second-order valence-electron chi connectivity index (χ2n) is 3.16. The number of benzene rings is 1. The van der Waals surface area contributed by atoms with Crippen LogP contribution >= 0.6 is 0 Å². The summed E-state index contributed by atoms with van der Waals surface area (Å²) in [6, 6.07) is 4.20. The van der Waals surface area contributed by atoms with Crippen LogP contribution in [-0.2, 0) is 4.79 Å². The molecule has 1 rings (SSSR count). The van der Waals surface area contributed by atoms with Gasteiger partial charge in [-0.25, -0.2) is 0 Å². The second-order valence-corrected chi connectivity index (χ2v) is 3.16. The number of rotatable bonds is 6. The zero-order valence-electron chi connectivity index (χ0n) is 9.21. The minimum absolute atomic E-state index is 0.00248. The highest BCUT2D eigenvalue weighted by molar-refractivity contribution is 5.73. The topological polar surface area (TPSA) is 105 Å². The third-order valence-electron chi connectivity index (χ3n) is 1.97. The molecule has 0 aliphatic rings. The SMILES string of the molecule is COc1ccc(OCCC(N)=O)c([N+](=O)[O-])c1. The van der Waals surface area contributed by atoms with E-state index in [4.69, 9.17) is 15.2 Å². The number of carbonyl (C=O) groups excluding carboxylic acids is 1. The van der Waals surface area contributed by atoms with E-state index in [1.54, 1.807) is 0 Å². The summed E-state index contributed by atoms with van der Waals surface area (Å²) in [5.74, 6) is -0.0860. The van der Waals surface area contributed by atoms with Crippen LogP contribution in [0.5, 0.6) is 11.5 Å². The van der Waals surface area contributed by atoms with Crippen LogP contribution in [-0.4, -0.2) is 24.5 Å². The number of hydrogen-bond donors (Lipinski definition) is 1. The number of ether oxygens (including phenoxy) is 2. The molecule has 0 aromatic heterocycles. The molecule has 7 heteroatoms. The third kappa shape index (κ3) is 3.63. The lowest BCUT2D eigenvalue weighted by Crippen LogP contribution is -2.14. The van der Waals surface area contributed by atoms with Crippen molar-refractivity contribution in [1.82, 2.24) is 0 Å². The van der Waals surface area contributed by atoms with Gasteiger partial charge in [0.2, 0.25) is 5.91 Å². The second kappa shape index (κ2) is 5.69. The van der Waals surface area contributed by atoms with Gasteiger partial charge in [-0.1, -0.05) is 0 Å². The van der Waals surface area contributed by atoms with Crippen LogP contribution in [0, 0.1) is 10.1 Å². The molecule has 7 nitrogen and oxygen atoms in total. The molecule has 1 aromatic carbocycles. The molecule has 0 aliphatic carbocycles. The minimum Gasteiger partial charge on any atom is -0.496 e. The Kier molecular flexibility index (Phi) is 4.27. The van der Waals surface area contributed by atoms with E-state index in [2.05, 4.69) is 0 Å². The van der Waals surface area contributed by atoms with Crippen molar-refractivity contribution in [1.29, 1.82) is 0 Å². The van der Waals surface area contributed by atoms with Crippen molar-refractivity contribution >= 4 is 11.6 Å². The molecule has 1 aromatic rings. The summed E-state index contributed by atoms with van der Waals surface area (Å²) in [5.41, 5.74) is 4.71. The molecule has 1 amide bonds. The van der Waals surface area contributed by atoms with E-state index in [1.165, 1.54) is 25.3 Å². The predicted octanol–water partition coefficient (Wildman–Crippen LogP) is 0.858. The molecule has 17 heavy (non-hydrogen) atoms.